The van der Waals surface area contributed by atoms with Crippen molar-refractivity contribution in [1.82, 2.24) is 0 Å². The minimum absolute atomic E-state index is 0.850. The summed E-state index contributed by atoms with van der Waals surface area (Å²) in [5, 5.41) is 0. The second-order valence-electron chi connectivity index (χ2n) is 4.57. The number of unbranched alkanes of at least 4 members (excludes halogenated alkanes) is 1. The Bertz CT molecular complexity index is 155. The zero-order chi connectivity index (χ0) is 11.0. The van der Waals surface area contributed by atoms with Gasteiger partial charge in [-0.15, -0.1) is 0 Å². The molecule has 84 valence electrons. The van der Waals surface area contributed by atoms with Crippen molar-refractivity contribution < 1.29 is 0 Å². The van der Waals surface area contributed by atoms with Crippen molar-refractivity contribution in [3.63, 3.8) is 0 Å². The predicted molar refractivity (Wildman–Crippen MR) is 66.5 cm³/mol. The third kappa shape index (κ3) is 5.47. The standard InChI is InChI=1S/C14H28/c1-6-9-10-14(8-3)11-13(5)12(4)7-2/h10,12-13H,6-9,11H2,1-5H3. The topological polar surface area (TPSA) is 0 Å². The highest BCUT2D eigenvalue weighted by molar-refractivity contribution is 5.02. The van der Waals surface area contributed by atoms with E-state index in [1.165, 1.54) is 32.1 Å². The molecule has 0 aliphatic rings. The molecular formula is C14H28. The van der Waals surface area contributed by atoms with Crippen molar-refractivity contribution in [2.24, 2.45) is 11.8 Å². The fourth-order valence-corrected chi connectivity index (χ4v) is 1.74. The van der Waals surface area contributed by atoms with E-state index in [1.807, 2.05) is 0 Å². The lowest BCUT2D eigenvalue weighted by Crippen LogP contribution is -2.07. The second kappa shape index (κ2) is 8.08. The Morgan fingerprint density at radius 2 is 1.71 bits per heavy atom. The van der Waals surface area contributed by atoms with Crippen LogP contribution >= 0.6 is 0 Å². The molecule has 0 aliphatic heterocycles. The summed E-state index contributed by atoms with van der Waals surface area (Å²) in [4.78, 5) is 0. The van der Waals surface area contributed by atoms with Crippen LogP contribution in [-0.4, -0.2) is 0 Å². The lowest BCUT2D eigenvalue weighted by atomic mass is 9.87. The van der Waals surface area contributed by atoms with E-state index in [0.29, 0.717) is 0 Å². The van der Waals surface area contributed by atoms with Crippen LogP contribution in [-0.2, 0) is 0 Å². The van der Waals surface area contributed by atoms with Crippen molar-refractivity contribution in [3.8, 4) is 0 Å². The molecule has 0 aromatic heterocycles. The van der Waals surface area contributed by atoms with E-state index in [2.05, 4.69) is 40.7 Å². The number of allylic oxidation sites excluding steroid dienone is 2. The van der Waals surface area contributed by atoms with Crippen LogP contribution in [0.4, 0.5) is 0 Å². The molecule has 14 heavy (non-hydrogen) atoms. The molecule has 2 atom stereocenters. The Morgan fingerprint density at radius 1 is 1.07 bits per heavy atom. The van der Waals surface area contributed by atoms with Crippen LogP contribution in [0, 0.1) is 11.8 Å². The van der Waals surface area contributed by atoms with Gasteiger partial charge in [-0.2, -0.15) is 0 Å². The van der Waals surface area contributed by atoms with Gasteiger partial charge >= 0.3 is 0 Å². The van der Waals surface area contributed by atoms with Crippen LogP contribution < -0.4 is 0 Å². The second-order valence-corrected chi connectivity index (χ2v) is 4.57. The highest BCUT2D eigenvalue weighted by Gasteiger charge is 2.11. The summed E-state index contributed by atoms with van der Waals surface area (Å²) < 4.78 is 0. The highest BCUT2D eigenvalue weighted by atomic mass is 14.2. The van der Waals surface area contributed by atoms with Gasteiger partial charge in [-0.3, -0.25) is 0 Å². The summed E-state index contributed by atoms with van der Waals surface area (Å²) in [6.07, 6.45) is 8.86. The van der Waals surface area contributed by atoms with Gasteiger partial charge < -0.3 is 0 Å². The molecular weight excluding hydrogens is 168 g/mol. The van der Waals surface area contributed by atoms with Crippen LogP contribution in [0.2, 0.25) is 0 Å². The SMILES string of the molecule is CCCC=C(CC)CC(C)C(C)CC. The predicted octanol–water partition coefficient (Wildman–Crippen LogP) is 5.20. The first-order valence-corrected chi connectivity index (χ1v) is 6.33. The van der Waals surface area contributed by atoms with Gasteiger partial charge in [-0.05, 0) is 31.1 Å². The van der Waals surface area contributed by atoms with E-state index in [-0.39, 0.29) is 0 Å². The Labute approximate surface area is 90.8 Å². The smallest absolute Gasteiger partial charge is 0.0292 e. The molecule has 0 heteroatoms. The van der Waals surface area contributed by atoms with Gasteiger partial charge in [0.05, 0.1) is 0 Å². The molecule has 0 heterocycles. The van der Waals surface area contributed by atoms with E-state index in [0.717, 1.165) is 11.8 Å². The molecule has 0 fully saturated rings. The molecule has 0 saturated heterocycles. The van der Waals surface area contributed by atoms with E-state index >= 15 is 0 Å². The quantitative estimate of drug-likeness (QED) is 0.491. The number of rotatable bonds is 7. The molecule has 0 saturated carbocycles. The minimum atomic E-state index is 0.850. The third-order valence-corrected chi connectivity index (χ3v) is 3.38. The molecule has 0 spiro atoms. The normalized spacial score (nSPS) is 16.8. The van der Waals surface area contributed by atoms with Gasteiger partial charge in [-0.25, -0.2) is 0 Å². The van der Waals surface area contributed by atoms with Crippen LogP contribution in [0.1, 0.15) is 66.7 Å². The lowest BCUT2D eigenvalue weighted by Gasteiger charge is -2.19. The summed E-state index contributed by atoms with van der Waals surface area (Å²) in [7, 11) is 0. The fraction of sp³-hybridized carbons (Fsp3) is 0.857. The molecule has 0 rings (SSSR count). The van der Waals surface area contributed by atoms with Crippen molar-refractivity contribution in [3.05, 3.63) is 11.6 Å². The maximum absolute atomic E-state index is 2.46. The van der Waals surface area contributed by atoms with Gasteiger partial charge in [0.2, 0.25) is 0 Å². The molecule has 0 nitrogen and oxygen atoms in total. The summed E-state index contributed by atoms with van der Waals surface area (Å²) >= 11 is 0. The van der Waals surface area contributed by atoms with Gasteiger partial charge in [-0.1, -0.05) is 59.1 Å². The molecule has 0 amide bonds. The molecule has 0 aromatic carbocycles. The Hall–Kier alpha value is -0.260. The Kier molecular flexibility index (Phi) is 7.93. The van der Waals surface area contributed by atoms with E-state index < -0.39 is 0 Å². The number of hydrogen-bond donors (Lipinski definition) is 0. The van der Waals surface area contributed by atoms with Crippen molar-refractivity contribution in [1.29, 1.82) is 0 Å². The van der Waals surface area contributed by atoms with Crippen LogP contribution in [0.15, 0.2) is 11.6 Å². The zero-order valence-electron chi connectivity index (χ0n) is 10.8. The molecule has 2 unspecified atom stereocenters. The van der Waals surface area contributed by atoms with E-state index in [4.69, 9.17) is 0 Å². The van der Waals surface area contributed by atoms with Gasteiger partial charge in [0.1, 0.15) is 0 Å². The van der Waals surface area contributed by atoms with Crippen molar-refractivity contribution in [2.75, 3.05) is 0 Å². The molecule has 0 aliphatic carbocycles. The average molecular weight is 196 g/mol. The maximum atomic E-state index is 2.46. The van der Waals surface area contributed by atoms with E-state index in [1.54, 1.807) is 5.57 Å². The largest absolute Gasteiger partial charge is 0.0853 e. The molecule has 0 bridgehead atoms. The molecule has 0 N–H and O–H groups in total. The number of hydrogen-bond acceptors (Lipinski definition) is 0. The summed E-state index contributed by atoms with van der Waals surface area (Å²) in [6, 6.07) is 0. The van der Waals surface area contributed by atoms with Gasteiger partial charge in [0.25, 0.3) is 0 Å². The summed E-state index contributed by atoms with van der Waals surface area (Å²) in [5.74, 6) is 1.72. The molecule has 0 radical (unpaired) electrons. The zero-order valence-corrected chi connectivity index (χ0v) is 10.8. The van der Waals surface area contributed by atoms with Crippen LogP contribution in [0.5, 0.6) is 0 Å². The monoisotopic (exact) mass is 196 g/mol. The van der Waals surface area contributed by atoms with Crippen molar-refractivity contribution in [2.45, 2.75) is 66.7 Å². The fourth-order valence-electron chi connectivity index (χ4n) is 1.74. The van der Waals surface area contributed by atoms with Gasteiger partial charge in [0.15, 0.2) is 0 Å². The lowest BCUT2D eigenvalue weighted by molar-refractivity contribution is 0.371. The van der Waals surface area contributed by atoms with Crippen LogP contribution in [0.25, 0.3) is 0 Å². The van der Waals surface area contributed by atoms with Gasteiger partial charge in [0, 0.05) is 0 Å². The molecule has 0 aromatic rings. The first kappa shape index (κ1) is 13.7. The van der Waals surface area contributed by atoms with E-state index in [9.17, 15) is 0 Å². The first-order chi connectivity index (χ1) is 6.65. The summed E-state index contributed by atoms with van der Waals surface area (Å²) in [6.45, 7) is 11.6. The average Bonchev–Trinajstić information content (AvgIpc) is 2.22. The third-order valence-electron chi connectivity index (χ3n) is 3.38. The van der Waals surface area contributed by atoms with Crippen molar-refractivity contribution >= 4 is 0 Å². The maximum Gasteiger partial charge on any atom is -0.0292 e. The Balaban J connectivity index is 4.03. The summed E-state index contributed by atoms with van der Waals surface area (Å²) in [5.41, 5.74) is 1.67. The minimum Gasteiger partial charge on any atom is -0.0853 e. The van der Waals surface area contributed by atoms with Crippen LogP contribution in [0.3, 0.4) is 0 Å². The first-order valence-electron chi connectivity index (χ1n) is 6.33. The Morgan fingerprint density at radius 3 is 2.14 bits per heavy atom. The highest BCUT2D eigenvalue weighted by Crippen LogP contribution is 2.24.